The first-order valence-electron chi connectivity index (χ1n) is 10.0. The standard InChI is InChI=1S/C21H37N3O3.HI/c1-5-8-18(12-14-25)16-24-21(22-6-2)23-13-7-9-17-10-11-19(26-3)20(15-17)27-4;/h10-11,15,18,25H,5-9,12-14,16H2,1-4H3,(H2,22,23,24);1H. The van der Waals surface area contributed by atoms with E-state index in [0.29, 0.717) is 5.92 Å². The molecule has 28 heavy (non-hydrogen) atoms. The van der Waals surface area contributed by atoms with Gasteiger partial charge in [0.05, 0.1) is 14.2 Å². The Morgan fingerprint density at radius 2 is 1.86 bits per heavy atom. The van der Waals surface area contributed by atoms with Gasteiger partial charge in [0.1, 0.15) is 0 Å². The molecule has 1 rings (SSSR count). The number of hydrogen-bond acceptors (Lipinski definition) is 4. The summed E-state index contributed by atoms with van der Waals surface area (Å²) >= 11 is 0. The fourth-order valence-corrected chi connectivity index (χ4v) is 3.02. The minimum absolute atomic E-state index is 0. The van der Waals surface area contributed by atoms with Crippen molar-refractivity contribution in [2.75, 3.05) is 40.5 Å². The highest BCUT2D eigenvalue weighted by molar-refractivity contribution is 14.0. The largest absolute Gasteiger partial charge is 0.493 e. The summed E-state index contributed by atoms with van der Waals surface area (Å²) in [5.41, 5.74) is 1.22. The third kappa shape index (κ3) is 10.4. The van der Waals surface area contributed by atoms with Crippen LogP contribution in [0.2, 0.25) is 0 Å². The van der Waals surface area contributed by atoms with Gasteiger partial charge in [-0.05, 0) is 56.2 Å². The summed E-state index contributed by atoms with van der Waals surface area (Å²) in [4.78, 5) is 4.69. The maximum absolute atomic E-state index is 9.19. The predicted molar refractivity (Wildman–Crippen MR) is 127 cm³/mol. The maximum Gasteiger partial charge on any atom is 0.191 e. The molecule has 1 atom stereocenters. The van der Waals surface area contributed by atoms with Gasteiger partial charge in [-0.2, -0.15) is 0 Å². The number of nitrogens with one attached hydrogen (secondary N) is 2. The van der Waals surface area contributed by atoms with Gasteiger partial charge in [-0.15, -0.1) is 24.0 Å². The van der Waals surface area contributed by atoms with E-state index in [9.17, 15) is 5.11 Å². The molecule has 7 heteroatoms. The van der Waals surface area contributed by atoms with Crippen LogP contribution < -0.4 is 20.1 Å². The van der Waals surface area contributed by atoms with Crippen molar-refractivity contribution in [3.63, 3.8) is 0 Å². The second-order valence-corrected chi connectivity index (χ2v) is 6.61. The molecule has 1 aromatic rings. The first-order chi connectivity index (χ1) is 13.2. The van der Waals surface area contributed by atoms with E-state index in [1.807, 2.05) is 12.1 Å². The summed E-state index contributed by atoms with van der Waals surface area (Å²) < 4.78 is 10.6. The Morgan fingerprint density at radius 3 is 2.46 bits per heavy atom. The number of benzene rings is 1. The fourth-order valence-electron chi connectivity index (χ4n) is 3.02. The van der Waals surface area contributed by atoms with Crippen molar-refractivity contribution in [2.45, 2.75) is 46.0 Å². The van der Waals surface area contributed by atoms with E-state index in [1.165, 1.54) is 5.56 Å². The van der Waals surface area contributed by atoms with Crippen LogP contribution in [0.3, 0.4) is 0 Å². The van der Waals surface area contributed by atoms with Crippen molar-refractivity contribution in [2.24, 2.45) is 10.9 Å². The van der Waals surface area contributed by atoms with Gasteiger partial charge in [-0.3, -0.25) is 4.99 Å². The van der Waals surface area contributed by atoms with E-state index in [2.05, 4.69) is 30.5 Å². The van der Waals surface area contributed by atoms with E-state index in [0.717, 1.165) is 69.2 Å². The SMILES string of the molecule is CCCC(CCO)CN=C(NCC)NCCCc1ccc(OC)c(OC)c1.I. The number of halogens is 1. The van der Waals surface area contributed by atoms with Crippen LogP contribution in [0, 0.1) is 5.92 Å². The Balaban J connectivity index is 0.00000729. The van der Waals surface area contributed by atoms with E-state index in [-0.39, 0.29) is 30.6 Å². The Morgan fingerprint density at radius 1 is 1.11 bits per heavy atom. The molecule has 0 bridgehead atoms. The van der Waals surface area contributed by atoms with Gasteiger partial charge in [0, 0.05) is 26.2 Å². The lowest BCUT2D eigenvalue weighted by molar-refractivity contribution is 0.253. The van der Waals surface area contributed by atoms with Gasteiger partial charge < -0.3 is 25.2 Å². The van der Waals surface area contributed by atoms with E-state index in [1.54, 1.807) is 14.2 Å². The summed E-state index contributed by atoms with van der Waals surface area (Å²) in [6.07, 6.45) is 4.99. The maximum atomic E-state index is 9.19. The molecule has 0 saturated heterocycles. The van der Waals surface area contributed by atoms with Gasteiger partial charge in [0.25, 0.3) is 0 Å². The number of methoxy groups -OCH3 is 2. The molecule has 0 saturated carbocycles. The number of aryl methyl sites for hydroxylation is 1. The van der Waals surface area contributed by atoms with Gasteiger partial charge in [-0.25, -0.2) is 0 Å². The van der Waals surface area contributed by atoms with E-state index >= 15 is 0 Å². The van der Waals surface area contributed by atoms with Crippen LogP contribution in [-0.4, -0.2) is 51.5 Å². The lowest BCUT2D eigenvalue weighted by Gasteiger charge is -2.15. The highest BCUT2D eigenvalue weighted by Crippen LogP contribution is 2.27. The molecule has 1 unspecified atom stereocenters. The second-order valence-electron chi connectivity index (χ2n) is 6.61. The Hall–Kier alpha value is -1.22. The number of guanidine groups is 1. The molecule has 6 nitrogen and oxygen atoms in total. The third-order valence-electron chi connectivity index (χ3n) is 4.47. The molecule has 0 aromatic heterocycles. The van der Waals surface area contributed by atoms with Crippen LogP contribution in [0.15, 0.2) is 23.2 Å². The lowest BCUT2D eigenvalue weighted by atomic mass is 10.0. The Kier molecular flexibility index (Phi) is 16.0. The molecule has 0 amide bonds. The van der Waals surface area contributed by atoms with Crippen molar-refractivity contribution >= 4 is 29.9 Å². The zero-order valence-electron chi connectivity index (χ0n) is 17.8. The van der Waals surface area contributed by atoms with Gasteiger partial charge in [0.2, 0.25) is 0 Å². The first-order valence-corrected chi connectivity index (χ1v) is 10.0. The molecule has 162 valence electrons. The van der Waals surface area contributed by atoms with Crippen LogP contribution in [0.4, 0.5) is 0 Å². The smallest absolute Gasteiger partial charge is 0.191 e. The van der Waals surface area contributed by atoms with Crippen LogP contribution in [-0.2, 0) is 6.42 Å². The zero-order chi connectivity index (χ0) is 19.9. The van der Waals surface area contributed by atoms with Crippen LogP contribution in [0.5, 0.6) is 11.5 Å². The third-order valence-corrected chi connectivity index (χ3v) is 4.47. The van der Waals surface area contributed by atoms with Crippen molar-refractivity contribution in [3.8, 4) is 11.5 Å². The number of ether oxygens (including phenoxy) is 2. The summed E-state index contributed by atoms with van der Waals surface area (Å²) in [5.74, 6) is 2.82. The highest BCUT2D eigenvalue weighted by atomic mass is 127. The van der Waals surface area contributed by atoms with Gasteiger partial charge in [0.15, 0.2) is 17.5 Å². The average molecular weight is 507 g/mol. The van der Waals surface area contributed by atoms with Gasteiger partial charge in [-0.1, -0.05) is 19.4 Å². The molecule has 0 fully saturated rings. The number of aliphatic hydroxyl groups is 1. The number of rotatable bonds is 13. The lowest BCUT2D eigenvalue weighted by Crippen LogP contribution is -2.38. The predicted octanol–water partition coefficient (Wildman–Crippen LogP) is 3.61. The molecule has 0 aliphatic rings. The van der Waals surface area contributed by atoms with Crippen molar-refractivity contribution in [1.29, 1.82) is 0 Å². The molecular weight excluding hydrogens is 469 g/mol. The summed E-state index contributed by atoms with van der Waals surface area (Å²) in [5, 5.41) is 15.9. The highest BCUT2D eigenvalue weighted by Gasteiger charge is 2.08. The molecular formula is C21H38IN3O3. The van der Waals surface area contributed by atoms with Crippen LogP contribution in [0.1, 0.15) is 45.1 Å². The molecule has 1 aromatic carbocycles. The topological polar surface area (TPSA) is 75.1 Å². The number of aliphatic imine (C=N–C) groups is 1. The Bertz CT molecular complexity index is 550. The van der Waals surface area contributed by atoms with Crippen molar-refractivity contribution < 1.29 is 14.6 Å². The van der Waals surface area contributed by atoms with Crippen LogP contribution >= 0.6 is 24.0 Å². The summed E-state index contributed by atoms with van der Waals surface area (Å²) in [6, 6.07) is 6.05. The molecule has 0 radical (unpaired) electrons. The average Bonchev–Trinajstić information content (AvgIpc) is 2.69. The minimum Gasteiger partial charge on any atom is -0.493 e. The van der Waals surface area contributed by atoms with Crippen molar-refractivity contribution in [3.05, 3.63) is 23.8 Å². The quantitative estimate of drug-likeness (QED) is 0.165. The first kappa shape index (κ1) is 26.8. The molecule has 0 spiro atoms. The van der Waals surface area contributed by atoms with Gasteiger partial charge >= 0.3 is 0 Å². The van der Waals surface area contributed by atoms with E-state index < -0.39 is 0 Å². The zero-order valence-corrected chi connectivity index (χ0v) is 20.1. The van der Waals surface area contributed by atoms with E-state index in [4.69, 9.17) is 14.5 Å². The Labute approximate surface area is 187 Å². The normalized spacial score (nSPS) is 12.1. The molecule has 0 aliphatic carbocycles. The minimum atomic E-state index is 0. The number of hydrogen-bond donors (Lipinski definition) is 3. The molecule has 0 heterocycles. The second kappa shape index (κ2) is 16.7. The summed E-state index contributed by atoms with van der Waals surface area (Å²) in [7, 11) is 3.31. The fraction of sp³-hybridized carbons (Fsp3) is 0.667. The number of aliphatic hydroxyl groups excluding tert-OH is 1. The number of nitrogens with zero attached hydrogens (tertiary/aromatic N) is 1. The molecule has 3 N–H and O–H groups in total. The van der Waals surface area contributed by atoms with Crippen LogP contribution in [0.25, 0.3) is 0 Å². The summed E-state index contributed by atoms with van der Waals surface area (Å²) in [6.45, 7) is 6.90. The monoisotopic (exact) mass is 507 g/mol. The van der Waals surface area contributed by atoms with Crippen molar-refractivity contribution in [1.82, 2.24) is 10.6 Å². The molecule has 0 aliphatic heterocycles.